The van der Waals surface area contributed by atoms with Crippen molar-refractivity contribution in [1.29, 1.82) is 0 Å². The largest absolute Gasteiger partial charge is 0.465 e. The average molecular weight is 306 g/mol. The van der Waals surface area contributed by atoms with E-state index >= 15 is 0 Å². The summed E-state index contributed by atoms with van der Waals surface area (Å²) in [6.45, 7) is 2.03. The van der Waals surface area contributed by atoms with Crippen molar-refractivity contribution in [3.63, 3.8) is 0 Å². The molecule has 0 radical (unpaired) electrons. The number of rotatable bonds is 3. The molecule has 0 unspecified atom stereocenters. The lowest BCUT2D eigenvalue weighted by molar-refractivity contribution is 0.0600. The topological polar surface area (TPSA) is 51.5 Å². The Hall–Kier alpha value is -2.75. The van der Waals surface area contributed by atoms with E-state index in [9.17, 15) is 4.79 Å². The fourth-order valence-electron chi connectivity index (χ4n) is 2.53. The number of ether oxygens (including phenoxy) is 1. The molecule has 1 aliphatic rings. The van der Waals surface area contributed by atoms with Crippen molar-refractivity contribution in [3.8, 4) is 0 Å². The zero-order chi connectivity index (χ0) is 16.2. The summed E-state index contributed by atoms with van der Waals surface area (Å²) >= 11 is 0. The highest BCUT2D eigenvalue weighted by Gasteiger charge is 2.14. The van der Waals surface area contributed by atoms with Gasteiger partial charge >= 0.3 is 5.97 Å². The second-order valence-electron chi connectivity index (χ2n) is 5.51. The van der Waals surface area contributed by atoms with Crippen LogP contribution < -0.4 is 0 Å². The minimum Gasteiger partial charge on any atom is -0.465 e. The van der Waals surface area contributed by atoms with Crippen molar-refractivity contribution in [2.75, 3.05) is 7.11 Å². The van der Waals surface area contributed by atoms with E-state index in [1.165, 1.54) is 12.7 Å². The molecule has 23 heavy (non-hydrogen) atoms. The lowest BCUT2D eigenvalue weighted by Gasteiger charge is -2.16. The van der Waals surface area contributed by atoms with Gasteiger partial charge in [-0.2, -0.15) is 0 Å². The summed E-state index contributed by atoms with van der Waals surface area (Å²) in [4.78, 5) is 20.5. The fourth-order valence-corrected chi connectivity index (χ4v) is 2.53. The molecule has 0 saturated carbocycles. The number of hydrogen-bond donors (Lipinski definition) is 0. The monoisotopic (exact) mass is 306 g/mol. The molecule has 0 spiro atoms. The number of allylic oxidation sites excluding steroid dienone is 1. The van der Waals surface area contributed by atoms with Gasteiger partial charge in [0.05, 0.1) is 24.4 Å². The molecule has 1 aliphatic heterocycles. The van der Waals surface area contributed by atoms with E-state index < -0.39 is 0 Å². The first-order chi connectivity index (χ1) is 11.2. The Kier molecular flexibility index (Phi) is 4.33. The third-order valence-electron chi connectivity index (χ3n) is 3.85. The van der Waals surface area contributed by atoms with Crippen molar-refractivity contribution >= 4 is 17.8 Å². The molecule has 4 nitrogen and oxygen atoms in total. The van der Waals surface area contributed by atoms with E-state index in [0.717, 1.165) is 23.2 Å². The first kappa shape index (κ1) is 15.2. The molecular weight excluding hydrogens is 288 g/mol. The van der Waals surface area contributed by atoms with Crippen LogP contribution in [-0.4, -0.2) is 24.3 Å². The quantitative estimate of drug-likeness (QED) is 0.811. The molecule has 1 atom stereocenters. The number of aliphatic imine (C=N–C) groups is 1. The summed E-state index contributed by atoms with van der Waals surface area (Å²) in [6, 6.07) is 11.4. The molecular formula is C19H18N2O2. The third kappa shape index (κ3) is 3.37. The highest BCUT2D eigenvalue weighted by atomic mass is 16.5. The van der Waals surface area contributed by atoms with Crippen LogP contribution in [0.15, 0.2) is 53.7 Å². The van der Waals surface area contributed by atoms with Crippen LogP contribution in [0.2, 0.25) is 0 Å². The molecule has 0 amide bonds. The van der Waals surface area contributed by atoms with Crippen LogP contribution in [0.5, 0.6) is 0 Å². The maximum atomic E-state index is 11.5. The fraction of sp³-hybridized carbons (Fsp3) is 0.211. The number of benzene rings is 1. The normalized spacial score (nSPS) is 16.8. The van der Waals surface area contributed by atoms with E-state index in [1.54, 1.807) is 12.1 Å². The van der Waals surface area contributed by atoms with Gasteiger partial charge in [0.1, 0.15) is 0 Å². The predicted octanol–water partition coefficient (Wildman–Crippen LogP) is 3.78. The second kappa shape index (κ2) is 6.57. The minimum absolute atomic E-state index is 0.0476. The predicted molar refractivity (Wildman–Crippen MR) is 90.6 cm³/mol. The Balaban J connectivity index is 1.85. The molecule has 0 aliphatic carbocycles. The number of esters is 1. The van der Waals surface area contributed by atoms with Gasteiger partial charge in [0.25, 0.3) is 0 Å². The molecule has 116 valence electrons. The van der Waals surface area contributed by atoms with Gasteiger partial charge in [0.2, 0.25) is 0 Å². The Morgan fingerprint density at radius 3 is 2.61 bits per heavy atom. The van der Waals surface area contributed by atoms with Crippen LogP contribution in [0, 0.1) is 6.92 Å². The molecule has 0 bridgehead atoms. The number of pyridine rings is 1. The zero-order valence-corrected chi connectivity index (χ0v) is 13.2. The van der Waals surface area contributed by atoms with Gasteiger partial charge in [0, 0.05) is 18.8 Å². The number of nitrogens with zero attached hydrogens (tertiary/aromatic N) is 2. The Labute approximate surface area is 135 Å². The van der Waals surface area contributed by atoms with E-state index in [2.05, 4.69) is 22.1 Å². The zero-order valence-electron chi connectivity index (χ0n) is 13.2. The maximum Gasteiger partial charge on any atom is 0.337 e. The maximum absolute atomic E-state index is 11.5. The lowest BCUT2D eigenvalue weighted by Crippen LogP contribution is -2.04. The van der Waals surface area contributed by atoms with Crippen LogP contribution in [0.4, 0.5) is 0 Å². The highest BCUT2D eigenvalue weighted by molar-refractivity contribution is 5.89. The van der Waals surface area contributed by atoms with Gasteiger partial charge in [-0.3, -0.25) is 9.98 Å². The summed E-state index contributed by atoms with van der Waals surface area (Å²) < 4.78 is 4.72. The third-order valence-corrected chi connectivity index (χ3v) is 3.85. The van der Waals surface area contributed by atoms with Gasteiger partial charge in [0.15, 0.2) is 0 Å². The van der Waals surface area contributed by atoms with Crippen molar-refractivity contribution in [2.24, 2.45) is 4.99 Å². The van der Waals surface area contributed by atoms with Crippen LogP contribution in [0.3, 0.4) is 0 Å². The second-order valence-corrected chi connectivity index (χ2v) is 5.51. The summed E-state index contributed by atoms with van der Waals surface area (Å²) in [7, 11) is 1.38. The number of hydrogen-bond acceptors (Lipinski definition) is 4. The number of aryl methyl sites for hydroxylation is 1. The van der Waals surface area contributed by atoms with Crippen molar-refractivity contribution < 1.29 is 9.53 Å². The van der Waals surface area contributed by atoms with Gasteiger partial charge in [-0.15, -0.1) is 0 Å². The van der Waals surface area contributed by atoms with Crippen LogP contribution >= 0.6 is 0 Å². The summed E-state index contributed by atoms with van der Waals surface area (Å²) in [5, 5.41) is 0. The summed E-state index contributed by atoms with van der Waals surface area (Å²) in [6.07, 6.45) is 6.72. The molecule has 2 heterocycles. The molecule has 4 heteroatoms. The van der Waals surface area contributed by atoms with Crippen molar-refractivity contribution in [3.05, 3.63) is 71.1 Å². The van der Waals surface area contributed by atoms with Gasteiger partial charge in [-0.25, -0.2) is 4.79 Å². The molecule has 1 aromatic heterocycles. The van der Waals surface area contributed by atoms with Crippen LogP contribution in [0.1, 0.15) is 39.6 Å². The summed E-state index contributed by atoms with van der Waals surface area (Å²) in [5.41, 5.74) is 4.88. The lowest BCUT2D eigenvalue weighted by atomic mass is 9.97. The molecule has 0 fully saturated rings. The number of dihydropyridines is 1. The highest BCUT2D eigenvalue weighted by Crippen LogP contribution is 2.29. The average Bonchev–Trinajstić information content (AvgIpc) is 2.62. The minimum atomic E-state index is -0.330. The van der Waals surface area contributed by atoms with E-state index in [-0.39, 0.29) is 12.0 Å². The Morgan fingerprint density at radius 2 is 1.96 bits per heavy atom. The van der Waals surface area contributed by atoms with Crippen LogP contribution in [0.25, 0.3) is 5.57 Å². The Morgan fingerprint density at radius 1 is 1.17 bits per heavy atom. The molecule has 2 aromatic rings. The first-order valence-corrected chi connectivity index (χ1v) is 7.51. The van der Waals surface area contributed by atoms with Crippen molar-refractivity contribution in [2.45, 2.75) is 19.4 Å². The smallest absolute Gasteiger partial charge is 0.337 e. The van der Waals surface area contributed by atoms with Crippen LogP contribution in [-0.2, 0) is 4.74 Å². The van der Waals surface area contributed by atoms with Gasteiger partial charge < -0.3 is 4.74 Å². The van der Waals surface area contributed by atoms with E-state index in [1.807, 2.05) is 37.5 Å². The van der Waals surface area contributed by atoms with Gasteiger partial charge in [-0.1, -0.05) is 18.2 Å². The summed E-state index contributed by atoms with van der Waals surface area (Å²) in [5.74, 6) is -0.330. The first-order valence-electron chi connectivity index (χ1n) is 7.51. The molecule has 1 aromatic carbocycles. The van der Waals surface area contributed by atoms with Gasteiger partial charge in [-0.05, 0) is 47.9 Å². The Bertz CT molecular complexity index is 759. The molecule has 0 saturated heterocycles. The van der Waals surface area contributed by atoms with E-state index in [0.29, 0.717) is 5.56 Å². The van der Waals surface area contributed by atoms with Crippen molar-refractivity contribution in [1.82, 2.24) is 4.98 Å². The molecule has 0 N–H and O–H groups in total. The number of methoxy groups -OCH3 is 1. The number of carbonyl (C=O) groups is 1. The number of carbonyl (C=O) groups excluding carboxylic acids is 1. The van der Waals surface area contributed by atoms with E-state index in [4.69, 9.17) is 4.74 Å². The number of aromatic nitrogens is 1. The SMILES string of the molecule is COC(=O)c1ccc([C@@H]2C=C(c3ccc(C)cn3)CC=N2)cc1. The molecule has 3 rings (SSSR count). The standard InChI is InChI=1S/C19H18N2O2/c1-13-3-8-17(21-12-13)16-9-10-20-18(11-16)14-4-6-15(7-5-14)19(22)23-2/h3-8,10-12,18H,9H2,1-2H3/t18-/m0/s1.